The smallest absolute Gasteiger partial charge is 0.234 e. The molecule has 3 rings (SSSR count). The Morgan fingerprint density at radius 1 is 1.23 bits per heavy atom. The van der Waals surface area contributed by atoms with Crippen LogP contribution in [0.25, 0.3) is 0 Å². The fourth-order valence-electron chi connectivity index (χ4n) is 2.87. The van der Waals surface area contributed by atoms with Crippen molar-refractivity contribution in [2.24, 2.45) is 0 Å². The van der Waals surface area contributed by atoms with Crippen molar-refractivity contribution in [3.05, 3.63) is 63.9 Å². The molecule has 1 atom stereocenters. The number of benzene rings is 2. The average molecular weight is 465 g/mol. The number of halogens is 2. The van der Waals surface area contributed by atoms with Crippen LogP contribution in [0.15, 0.2) is 47.6 Å². The quantitative estimate of drug-likeness (QED) is 0.427. The number of ether oxygens (including phenoxy) is 1. The maximum Gasteiger partial charge on any atom is 0.234 e. The zero-order chi connectivity index (χ0) is 21.7. The molecule has 30 heavy (non-hydrogen) atoms. The molecule has 1 amide bonds. The van der Waals surface area contributed by atoms with Gasteiger partial charge in [-0.25, -0.2) is 0 Å². The van der Waals surface area contributed by atoms with E-state index in [9.17, 15) is 4.79 Å². The Hall–Kier alpha value is -2.22. The number of amides is 1. The van der Waals surface area contributed by atoms with Gasteiger partial charge in [0.05, 0.1) is 10.8 Å². The third-order valence-corrected chi connectivity index (χ3v) is 5.87. The number of para-hydroxylation sites is 1. The summed E-state index contributed by atoms with van der Waals surface area (Å²) in [4.78, 5) is 12.4. The summed E-state index contributed by atoms with van der Waals surface area (Å²) >= 11 is 13.5. The molecule has 1 N–H and O–H groups in total. The highest BCUT2D eigenvalue weighted by atomic mass is 35.5. The van der Waals surface area contributed by atoms with Gasteiger partial charge in [0, 0.05) is 17.3 Å². The Bertz CT molecular complexity index is 1040. The number of aryl methyl sites for hydroxylation is 1. The molecule has 0 unspecified atom stereocenters. The number of aromatic nitrogens is 3. The summed E-state index contributed by atoms with van der Waals surface area (Å²) < 4.78 is 7.90. The predicted octanol–water partition coefficient (Wildman–Crippen LogP) is 5.78. The molecule has 0 saturated heterocycles. The van der Waals surface area contributed by atoms with Crippen LogP contribution in [-0.2, 0) is 11.3 Å². The monoisotopic (exact) mass is 464 g/mol. The van der Waals surface area contributed by atoms with Gasteiger partial charge in [-0.2, -0.15) is 0 Å². The third kappa shape index (κ3) is 5.47. The molecule has 0 fully saturated rings. The fraction of sp³-hybridized carbons (Fsp3) is 0.286. The van der Waals surface area contributed by atoms with E-state index in [1.54, 1.807) is 18.2 Å². The summed E-state index contributed by atoms with van der Waals surface area (Å²) in [5.41, 5.74) is 1.65. The summed E-state index contributed by atoms with van der Waals surface area (Å²) in [5, 5.41) is 13.3. The Morgan fingerprint density at radius 3 is 2.70 bits per heavy atom. The molecule has 3 aromatic rings. The van der Waals surface area contributed by atoms with Gasteiger partial charge in [-0.15, -0.1) is 10.2 Å². The van der Waals surface area contributed by atoms with Gasteiger partial charge in [-0.1, -0.05) is 47.1 Å². The van der Waals surface area contributed by atoms with Crippen molar-refractivity contribution in [1.82, 2.24) is 14.8 Å². The predicted molar refractivity (Wildman–Crippen MR) is 122 cm³/mol. The van der Waals surface area contributed by atoms with Crippen LogP contribution in [0, 0.1) is 6.92 Å². The zero-order valence-corrected chi connectivity index (χ0v) is 19.2. The van der Waals surface area contributed by atoms with E-state index in [-0.39, 0.29) is 17.8 Å². The van der Waals surface area contributed by atoms with Crippen LogP contribution in [0.1, 0.15) is 31.3 Å². The molecule has 1 heterocycles. The van der Waals surface area contributed by atoms with Crippen LogP contribution in [0.3, 0.4) is 0 Å². The van der Waals surface area contributed by atoms with E-state index < -0.39 is 0 Å². The number of rotatable bonds is 8. The highest BCUT2D eigenvalue weighted by molar-refractivity contribution is 7.99. The highest BCUT2D eigenvalue weighted by Gasteiger charge is 2.20. The minimum absolute atomic E-state index is 0.127. The van der Waals surface area contributed by atoms with Crippen molar-refractivity contribution >= 4 is 46.6 Å². The molecule has 158 valence electrons. The lowest BCUT2D eigenvalue weighted by Gasteiger charge is -2.16. The second-order valence-corrected chi connectivity index (χ2v) is 8.36. The SMILES string of the molecule is CCn1c(SCC(=O)Nc2ccc(Cl)cc2C)nnc1[C@H](C)Oc1ccccc1Cl. The Morgan fingerprint density at radius 2 is 2.00 bits per heavy atom. The number of hydrogen-bond donors (Lipinski definition) is 1. The second kappa shape index (κ2) is 10.2. The van der Waals surface area contributed by atoms with Gasteiger partial charge in [0.2, 0.25) is 5.91 Å². The van der Waals surface area contributed by atoms with Crippen LogP contribution in [0.2, 0.25) is 10.0 Å². The average Bonchev–Trinajstić information content (AvgIpc) is 3.13. The number of hydrogen-bond acceptors (Lipinski definition) is 5. The van der Waals surface area contributed by atoms with Gasteiger partial charge in [0.1, 0.15) is 5.75 Å². The summed E-state index contributed by atoms with van der Waals surface area (Å²) in [6.07, 6.45) is -0.350. The number of anilines is 1. The largest absolute Gasteiger partial charge is 0.481 e. The number of carbonyl (C=O) groups excluding carboxylic acids is 1. The molecular weight excluding hydrogens is 443 g/mol. The molecule has 0 aliphatic heterocycles. The highest BCUT2D eigenvalue weighted by Crippen LogP contribution is 2.29. The third-order valence-electron chi connectivity index (χ3n) is 4.36. The van der Waals surface area contributed by atoms with Crippen molar-refractivity contribution in [3.63, 3.8) is 0 Å². The minimum atomic E-state index is -0.350. The van der Waals surface area contributed by atoms with E-state index in [4.69, 9.17) is 27.9 Å². The summed E-state index contributed by atoms with van der Waals surface area (Å²) in [5.74, 6) is 1.34. The van der Waals surface area contributed by atoms with Gasteiger partial charge in [-0.05, 0) is 56.7 Å². The van der Waals surface area contributed by atoms with E-state index in [2.05, 4.69) is 15.5 Å². The number of carbonyl (C=O) groups is 1. The van der Waals surface area contributed by atoms with Crippen LogP contribution >= 0.6 is 35.0 Å². The van der Waals surface area contributed by atoms with Crippen LogP contribution in [0.4, 0.5) is 5.69 Å². The number of nitrogens with zero attached hydrogens (tertiary/aromatic N) is 3. The van der Waals surface area contributed by atoms with E-state index in [1.165, 1.54) is 11.8 Å². The normalized spacial score (nSPS) is 11.9. The van der Waals surface area contributed by atoms with E-state index >= 15 is 0 Å². The Balaban J connectivity index is 1.65. The van der Waals surface area contributed by atoms with Crippen LogP contribution in [0.5, 0.6) is 5.75 Å². The first-order valence-corrected chi connectivity index (χ1v) is 11.2. The van der Waals surface area contributed by atoms with Crippen molar-refractivity contribution in [2.75, 3.05) is 11.1 Å². The topological polar surface area (TPSA) is 69.0 Å². The van der Waals surface area contributed by atoms with Gasteiger partial charge in [0.15, 0.2) is 17.1 Å². The molecule has 9 heteroatoms. The lowest BCUT2D eigenvalue weighted by molar-refractivity contribution is -0.113. The fourth-order valence-corrected chi connectivity index (χ4v) is 4.09. The van der Waals surface area contributed by atoms with Gasteiger partial charge >= 0.3 is 0 Å². The second-order valence-electron chi connectivity index (χ2n) is 6.57. The zero-order valence-electron chi connectivity index (χ0n) is 16.9. The first kappa shape index (κ1) is 22.5. The lowest BCUT2D eigenvalue weighted by atomic mass is 10.2. The first-order chi connectivity index (χ1) is 14.4. The molecule has 2 aromatic carbocycles. The van der Waals surface area contributed by atoms with Crippen molar-refractivity contribution in [1.29, 1.82) is 0 Å². The molecule has 1 aromatic heterocycles. The molecule has 0 bridgehead atoms. The minimum Gasteiger partial charge on any atom is -0.481 e. The molecular formula is C21H22Cl2N4O2S. The molecule has 6 nitrogen and oxygen atoms in total. The molecule has 0 saturated carbocycles. The first-order valence-electron chi connectivity index (χ1n) is 9.42. The van der Waals surface area contributed by atoms with E-state index in [0.717, 1.165) is 11.3 Å². The van der Waals surface area contributed by atoms with Crippen LogP contribution in [-0.4, -0.2) is 26.4 Å². The maximum atomic E-state index is 12.4. The summed E-state index contributed by atoms with van der Waals surface area (Å²) in [7, 11) is 0. The molecule has 0 radical (unpaired) electrons. The van der Waals surface area contributed by atoms with Gasteiger partial charge < -0.3 is 14.6 Å². The van der Waals surface area contributed by atoms with Gasteiger partial charge in [0.25, 0.3) is 0 Å². The lowest BCUT2D eigenvalue weighted by Crippen LogP contribution is -2.16. The Labute approximate surface area is 189 Å². The van der Waals surface area contributed by atoms with E-state index in [1.807, 2.05) is 49.6 Å². The molecule has 0 aliphatic rings. The Kier molecular flexibility index (Phi) is 7.64. The number of thioether (sulfide) groups is 1. The van der Waals surface area contributed by atoms with Crippen molar-refractivity contribution in [2.45, 2.75) is 38.6 Å². The molecule has 0 spiro atoms. The van der Waals surface area contributed by atoms with Gasteiger partial charge in [-0.3, -0.25) is 4.79 Å². The number of nitrogens with one attached hydrogen (secondary N) is 1. The van der Waals surface area contributed by atoms with Crippen molar-refractivity contribution < 1.29 is 9.53 Å². The summed E-state index contributed by atoms with van der Waals surface area (Å²) in [6.45, 7) is 6.44. The van der Waals surface area contributed by atoms with Crippen LogP contribution < -0.4 is 10.1 Å². The standard InChI is InChI=1S/C21H22Cl2N4O2S/c1-4-27-20(14(3)29-18-8-6-5-7-16(18)23)25-26-21(27)30-12-19(28)24-17-10-9-15(22)11-13(17)2/h5-11,14H,4,12H2,1-3H3,(H,24,28)/t14-/m0/s1. The summed E-state index contributed by atoms with van der Waals surface area (Å²) in [6, 6.07) is 12.6. The van der Waals surface area contributed by atoms with Crippen molar-refractivity contribution in [3.8, 4) is 5.75 Å². The molecule has 0 aliphatic carbocycles. The van der Waals surface area contributed by atoms with E-state index in [0.29, 0.717) is 33.3 Å². The maximum absolute atomic E-state index is 12.4.